The van der Waals surface area contributed by atoms with Gasteiger partial charge in [-0.25, -0.2) is 0 Å². The third-order valence-electron chi connectivity index (χ3n) is 4.59. The molecule has 0 aromatic carbocycles. The minimum Gasteiger partial charge on any atom is -0.790 e. The first-order chi connectivity index (χ1) is 11.9. The van der Waals surface area contributed by atoms with Crippen molar-refractivity contribution in [2.75, 3.05) is 6.61 Å². The fourth-order valence-corrected chi connectivity index (χ4v) is 3.28. The third kappa shape index (κ3) is 18.6. The predicted octanol–water partition coefficient (Wildman–Crippen LogP) is 2.28. The fraction of sp³-hybridized carbons (Fsp3) is 1.00. The van der Waals surface area contributed by atoms with E-state index in [4.69, 9.17) is 0 Å². The molecule has 6 nitrogen and oxygen atoms in total. The normalized spacial score (nSPS) is 14.6. The molecule has 0 fully saturated rings. The van der Waals surface area contributed by atoms with Gasteiger partial charge in [0.25, 0.3) is 0 Å². The standard InChI is InChI=1S/C18H40NO5P/c1-2-3-4-5-6-7-8-9-10-11-12-13-14-15-18(20)17(19)16-24-25(21,22)23/h17-18,20H,2-16,19H2,1H3,(H2,21,22,23)/p-1/t17-,18+/m0/s1. The Bertz CT molecular complexity index is 337. The minimum atomic E-state index is -4.97. The van der Waals surface area contributed by atoms with Crippen molar-refractivity contribution in [3.05, 3.63) is 0 Å². The SMILES string of the molecule is CCCCCCCCCCCCCCC[C@@H](O)[C@@H]([NH3+])COP(=O)([O-])[O-]. The van der Waals surface area contributed by atoms with Gasteiger partial charge in [-0.2, -0.15) is 0 Å². The smallest absolute Gasteiger partial charge is 0.135 e. The second-order valence-electron chi connectivity index (χ2n) is 7.10. The van der Waals surface area contributed by atoms with E-state index in [1.54, 1.807) is 0 Å². The number of rotatable bonds is 18. The molecular weight excluding hydrogens is 341 g/mol. The Kier molecular flexibility index (Phi) is 16.2. The van der Waals surface area contributed by atoms with Crippen LogP contribution in [0.25, 0.3) is 0 Å². The summed E-state index contributed by atoms with van der Waals surface area (Å²) in [5, 5.41) is 9.86. The van der Waals surface area contributed by atoms with Gasteiger partial charge < -0.3 is 29.7 Å². The molecule has 0 rings (SSSR count). The van der Waals surface area contributed by atoms with E-state index in [0.717, 1.165) is 19.3 Å². The van der Waals surface area contributed by atoms with Gasteiger partial charge in [-0.15, -0.1) is 0 Å². The van der Waals surface area contributed by atoms with Gasteiger partial charge in [0.1, 0.15) is 18.8 Å². The summed E-state index contributed by atoms with van der Waals surface area (Å²) in [5.41, 5.74) is 3.65. The van der Waals surface area contributed by atoms with Crippen molar-refractivity contribution in [1.82, 2.24) is 0 Å². The van der Waals surface area contributed by atoms with E-state index in [2.05, 4.69) is 17.2 Å². The molecule has 0 aliphatic heterocycles. The molecule has 25 heavy (non-hydrogen) atoms. The van der Waals surface area contributed by atoms with Gasteiger partial charge in [0.2, 0.25) is 0 Å². The molecule has 0 aliphatic rings. The monoisotopic (exact) mass is 380 g/mol. The summed E-state index contributed by atoms with van der Waals surface area (Å²) in [4.78, 5) is 20.8. The Morgan fingerprint density at radius 2 is 1.28 bits per heavy atom. The number of phosphoric ester groups is 1. The average molecular weight is 380 g/mol. The minimum absolute atomic E-state index is 0.343. The molecule has 0 radical (unpaired) electrons. The Labute approximate surface area is 153 Å². The Morgan fingerprint density at radius 1 is 0.880 bits per heavy atom. The highest BCUT2D eigenvalue weighted by Crippen LogP contribution is 2.24. The topological polar surface area (TPSA) is 120 Å². The highest BCUT2D eigenvalue weighted by atomic mass is 31.2. The van der Waals surface area contributed by atoms with Crippen LogP contribution in [0.1, 0.15) is 96.8 Å². The zero-order chi connectivity index (χ0) is 19.0. The highest BCUT2D eigenvalue weighted by molar-refractivity contribution is 7.43. The number of aliphatic hydroxyl groups excluding tert-OH is 1. The van der Waals surface area contributed by atoms with Crippen molar-refractivity contribution in [2.24, 2.45) is 0 Å². The molecule has 152 valence electrons. The van der Waals surface area contributed by atoms with E-state index < -0.39 is 20.0 Å². The van der Waals surface area contributed by atoms with Gasteiger partial charge in [0.15, 0.2) is 0 Å². The molecule has 0 spiro atoms. The summed E-state index contributed by atoms with van der Waals surface area (Å²) < 4.78 is 14.5. The van der Waals surface area contributed by atoms with Gasteiger partial charge in [-0.05, 0) is 6.42 Å². The van der Waals surface area contributed by atoms with E-state index >= 15 is 0 Å². The van der Waals surface area contributed by atoms with Gasteiger partial charge in [0.05, 0.1) is 7.82 Å². The van der Waals surface area contributed by atoms with Crippen molar-refractivity contribution >= 4 is 7.82 Å². The Morgan fingerprint density at radius 3 is 1.68 bits per heavy atom. The van der Waals surface area contributed by atoms with Crippen molar-refractivity contribution < 1.29 is 29.7 Å². The Hall–Kier alpha value is 0.0300. The van der Waals surface area contributed by atoms with Crippen molar-refractivity contribution in [3.63, 3.8) is 0 Å². The van der Waals surface area contributed by atoms with Crippen LogP contribution in [0.3, 0.4) is 0 Å². The summed E-state index contributed by atoms with van der Waals surface area (Å²) in [6.45, 7) is 1.90. The summed E-state index contributed by atoms with van der Waals surface area (Å²) >= 11 is 0. The van der Waals surface area contributed by atoms with E-state index in [1.807, 2.05) is 0 Å². The number of phosphoric acid groups is 1. The van der Waals surface area contributed by atoms with E-state index in [0.29, 0.717) is 6.42 Å². The van der Waals surface area contributed by atoms with Crippen LogP contribution in [0.5, 0.6) is 0 Å². The molecule has 0 aromatic rings. The average Bonchev–Trinajstić information content (AvgIpc) is 2.56. The van der Waals surface area contributed by atoms with Gasteiger partial charge in [-0.3, -0.25) is 0 Å². The Balaban J connectivity index is 3.33. The van der Waals surface area contributed by atoms with E-state index in [9.17, 15) is 19.5 Å². The zero-order valence-electron chi connectivity index (χ0n) is 16.0. The quantitative estimate of drug-likeness (QED) is 0.279. The third-order valence-corrected chi connectivity index (χ3v) is 5.06. The van der Waals surface area contributed by atoms with Crippen LogP contribution >= 0.6 is 7.82 Å². The summed E-state index contributed by atoms with van der Waals surface area (Å²) in [7, 11) is -4.97. The maximum atomic E-state index is 10.4. The molecule has 0 amide bonds. The van der Waals surface area contributed by atoms with Crippen LogP contribution in [0.4, 0.5) is 0 Å². The maximum absolute atomic E-state index is 10.4. The molecule has 2 atom stereocenters. The molecule has 4 N–H and O–H groups in total. The molecule has 0 bridgehead atoms. The lowest BCUT2D eigenvalue weighted by Crippen LogP contribution is -2.68. The largest absolute Gasteiger partial charge is 0.790 e. The summed E-state index contributed by atoms with van der Waals surface area (Å²) in [5.74, 6) is 0. The number of hydrogen-bond acceptors (Lipinski definition) is 5. The van der Waals surface area contributed by atoms with Crippen LogP contribution in [0.15, 0.2) is 0 Å². The molecule has 0 saturated carbocycles. The second kappa shape index (κ2) is 16.2. The zero-order valence-corrected chi connectivity index (χ0v) is 16.9. The lowest BCUT2D eigenvalue weighted by atomic mass is 10.0. The number of quaternary nitrogens is 1. The molecule has 0 aliphatic carbocycles. The summed E-state index contributed by atoms with van der Waals surface area (Å²) in [6, 6.07) is -0.589. The van der Waals surface area contributed by atoms with E-state index in [1.165, 1.54) is 64.2 Å². The first-order valence-corrected chi connectivity index (χ1v) is 11.5. The van der Waals surface area contributed by atoms with Crippen LogP contribution in [0.2, 0.25) is 0 Å². The van der Waals surface area contributed by atoms with Crippen LogP contribution in [-0.4, -0.2) is 23.9 Å². The molecule has 0 aromatic heterocycles. The molecule has 0 saturated heterocycles. The maximum Gasteiger partial charge on any atom is 0.135 e. The first-order valence-electron chi connectivity index (χ1n) is 10.0. The molecular formula is C18H39NO5P-. The van der Waals surface area contributed by atoms with Crippen molar-refractivity contribution in [2.45, 2.75) is 109 Å². The predicted molar refractivity (Wildman–Crippen MR) is 96.6 cm³/mol. The lowest BCUT2D eigenvalue weighted by Gasteiger charge is -2.29. The van der Waals surface area contributed by atoms with Crippen molar-refractivity contribution in [1.29, 1.82) is 0 Å². The molecule has 7 heteroatoms. The lowest BCUT2D eigenvalue weighted by molar-refractivity contribution is -0.446. The number of hydrogen-bond donors (Lipinski definition) is 2. The van der Waals surface area contributed by atoms with Gasteiger partial charge in [-0.1, -0.05) is 90.4 Å². The van der Waals surface area contributed by atoms with Crippen molar-refractivity contribution in [3.8, 4) is 0 Å². The number of aliphatic hydroxyl groups is 1. The number of unbranched alkanes of at least 4 members (excludes halogenated alkanes) is 12. The van der Waals surface area contributed by atoms with Crippen LogP contribution < -0.4 is 15.5 Å². The first kappa shape index (κ1) is 25.0. The van der Waals surface area contributed by atoms with Gasteiger partial charge >= 0.3 is 0 Å². The van der Waals surface area contributed by atoms with E-state index in [-0.39, 0.29) is 6.61 Å². The molecule has 0 heterocycles. The van der Waals surface area contributed by atoms with Gasteiger partial charge in [0, 0.05) is 0 Å². The fourth-order valence-electron chi connectivity index (χ4n) is 2.91. The molecule has 0 unspecified atom stereocenters. The summed E-state index contributed by atoms with van der Waals surface area (Å²) in [6.07, 6.45) is 16.3. The second-order valence-corrected chi connectivity index (χ2v) is 8.25. The van der Waals surface area contributed by atoms with Crippen LogP contribution in [-0.2, 0) is 9.09 Å². The van der Waals surface area contributed by atoms with Crippen LogP contribution in [0, 0.1) is 0 Å². The highest BCUT2D eigenvalue weighted by Gasteiger charge is 2.18.